The van der Waals surface area contributed by atoms with Crippen LogP contribution in [-0.2, 0) is 16.1 Å². The molecule has 0 unspecified atom stereocenters. The third kappa shape index (κ3) is 10.0. The van der Waals surface area contributed by atoms with Crippen LogP contribution in [0.25, 0.3) is 0 Å². The van der Waals surface area contributed by atoms with Crippen molar-refractivity contribution in [2.45, 2.75) is 78.4 Å². The van der Waals surface area contributed by atoms with Gasteiger partial charge in [-0.3, -0.25) is 4.79 Å². The van der Waals surface area contributed by atoms with Crippen LogP contribution in [0, 0.1) is 5.92 Å². The van der Waals surface area contributed by atoms with Crippen LogP contribution in [0.15, 0.2) is 30.3 Å². The number of nitrogens with one attached hydrogen (secondary N) is 2. The summed E-state index contributed by atoms with van der Waals surface area (Å²) >= 11 is 0. The summed E-state index contributed by atoms with van der Waals surface area (Å²) in [5.41, 5.74) is 0.917. The average molecular weight is 377 g/mol. The highest BCUT2D eigenvalue weighted by Gasteiger charge is 2.26. The molecule has 0 radical (unpaired) electrons. The van der Waals surface area contributed by atoms with E-state index in [1.165, 1.54) is 25.7 Å². The van der Waals surface area contributed by atoms with Crippen molar-refractivity contribution in [3.05, 3.63) is 35.9 Å². The number of alkyl carbamates (subject to hydrolysis) is 1. The Morgan fingerprint density at radius 3 is 2.33 bits per heavy atom. The van der Waals surface area contributed by atoms with Crippen LogP contribution in [0.1, 0.15) is 71.3 Å². The van der Waals surface area contributed by atoms with Gasteiger partial charge in [0.25, 0.3) is 0 Å². The van der Waals surface area contributed by atoms with E-state index >= 15 is 0 Å². The maximum absolute atomic E-state index is 12.5. The number of carbonyl (C=O) groups excluding carboxylic acids is 2. The fourth-order valence-electron chi connectivity index (χ4n) is 2.82. The topological polar surface area (TPSA) is 67.4 Å². The first-order chi connectivity index (χ1) is 13.1. The van der Waals surface area contributed by atoms with Crippen molar-refractivity contribution in [2.24, 2.45) is 5.92 Å². The van der Waals surface area contributed by atoms with E-state index in [2.05, 4.69) is 17.6 Å². The summed E-state index contributed by atoms with van der Waals surface area (Å²) in [4.78, 5) is 24.6. The first-order valence-electron chi connectivity index (χ1n) is 10.3. The summed E-state index contributed by atoms with van der Waals surface area (Å²) in [6, 6.07) is 8.93. The fraction of sp³-hybridized carbons (Fsp3) is 0.636. The van der Waals surface area contributed by atoms with Crippen molar-refractivity contribution >= 4 is 12.0 Å². The van der Waals surface area contributed by atoms with Crippen molar-refractivity contribution in [3.63, 3.8) is 0 Å². The van der Waals surface area contributed by atoms with E-state index in [4.69, 9.17) is 4.74 Å². The molecule has 5 nitrogen and oxygen atoms in total. The number of rotatable bonds is 13. The van der Waals surface area contributed by atoms with E-state index in [0.717, 1.165) is 24.8 Å². The van der Waals surface area contributed by atoms with Crippen molar-refractivity contribution in [2.75, 3.05) is 6.54 Å². The van der Waals surface area contributed by atoms with Crippen molar-refractivity contribution in [3.8, 4) is 0 Å². The lowest BCUT2D eigenvalue weighted by Crippen LogP contribution is -2.50. The molecular formula is C22H36N2O3. The molecule has 0 spiro atoms. The highest BCUT2D eigenvalue weighted by Crippen LogP contribution is 2.10. The molecule has 0 aromatic heterocycles. The number of hydrogen-bond donors (Lipinski definition) is 2. The third-order valence-electron chi connectivity index (χ3n) is 4.81. The van der Waals surface area contributed by atoms with Crippen LogP contribution in [0.2, 0.25) is 0 Å². The van der Waals surface area contributed by atoms with Gasteiger partial charge in [0, 0.05) is 6.54 Å². The summed E-state index contributed by atoms with van der Waals surface area (Å²) in [5, 5.41) is 5.69. The Balaban J connectivity index is 2.37. The van der Waals surface area contributed by atoms with Gasteiger partial charge in [0.1, 0.15) is 12.6 Å². The molecule has 0 saturated carbocycles. The Labute approximate surface area is 164 Å². The van der Waals surface area contributed by atoms with Gasteiger partial charge in [-0.15, -0.1) is 0 Å². The van der Waals surface area contributed by atoms with Crippen molar-refractivity contribution in [1.29, 1.82) is 0 Å². The zero-order valence-corrected chi connectivity index (χ0v) is 17.1. The maximum Gasteiger partial charge on any atom is 0.408 e. The molecule has 0 aliphatic rings. The molecular weight excluding hydrogens is 340 g/mol. The minimum Gasteiger partial charge on any atom is -0.445 e. The lowest BCUT2D eigenvalue weighted by molar-refractivity contribution is -0.124. The van der Waals surface area contributed by atoms with Gasteiger partial charge in [0.15, 0.2) is 0 Å². The number of hydrogen-bond acceptors (Lipinski definition) is 3. The van der Waals surface area contributed by atoms with Crippen molar-refractivity contribution in [1.82, 2.24) is 10.6 Å². The molecule has 1 rings (SSSR count). The van der Waals surface area contributed by atoms with Gasteiger partial charge in [0.05, 0.1) is 0 Å². The second-order valence-corrected chi connectivity index (χ2v) is 7.13. The Morgan fingerprint density at radius 1 is 1.00 bits per heavy atom. The zero-order valence-electron chi connectivity index (χ0n) is 17.1. The second-order valence-electron chi connectivity index (χ2n) is 7.13. The van der Waals surface area contributed by atoms with Gasteiger partial charge in [-0.05, 0) is 17.9 Å². The number of benzene rings is 1. The summed E-state index contributed by atoms with van der Waals surface area (Å²) < 4.78 is 5.25. The first kappa shape index (κ1) is 23.0. The monoisotopic (exact) mass is 376 g/mol. The highest BCUT2D eigenvalue weighted by atomic mass is 16.5. The van der Waals surface area contributed by atoms with Crippen LogP contribution >= 0.6 is 0 Å². The molecule has 0 fully saturated rings. The molecule has 2 amide bonds. The Morgan fingerprint density at radius 2 is 1.67 bits per heavy atom. The van der Waals surface area contributed by atoms with Crippen LogP contribution in [0.3, 0.4) is 0 Å². The number of ether oxygens (including phenoxy) is 1. The normalized spacial score (nSPS) is 12.9. The number of carbonyl (C=O) groups is 2. The van der Waals surface area contributed by atoms with Gasteiger partial charge < -0.3 is 15.4 Å². The fourth-order valence-corrected chi connectivity index (χ4v) is 2.82. The van der Waals surface area contributed by atoms with Crippen LogP contribution in [0.4, 0.5) is 4.79 Å². The average Bonchev–Trinajstić information content (AvgIpc) is 2.69. The molecule has 0 aliphatic heterocycles. The van der Waals surface area contributed by atoms with Gasteiger partial charge in [-0.2, -0.15) is 0 Å². The van der Waals surface area contributed by atoms with E-state index in [9.17, 15) is 9.59 Å². The van der Waals surface area contributed by atoms with Crippen LogP contribution in [0.5, 0.6) is 0 Å². The molecule has 2 atom stereocenters. The smallest absolute Gasteiger partial charge is 0.408 e. The van der Waals surface area contributed by atoms with Gasteiger partial charge in [-0.25, -0.2) is 4.79 Å². The molecule has 0 saturated heterocycles. The van der Waals surface area contributed by atoms with Crippen LogP contribution in [-0.4, -0.2) is 24.6 Å². The van der Waals surface area contributed by atoms with Crippen molar-refractivity contribution < 1.29 is 14.3 Å². The number of amides is 2. The van der Waals surface area contributed by atoms with E-state index in [1.54, 1.807) is 0 Å². The highest BCUT2D eigenvalue weighted by molar-refractivity contribution is 5.85. The first-order valence-corrected chi connectivity index (χ1v) is 10.3. The molecule has 0 heterocycles. The van der Waals surface area contributed by atoms with E-state index in [1.807, 2.05) is 44.2 Å². The predicted molar refractivity (Wildman–Crippen MR) is 109 cm³/mol. The quantitative estimate of drug-likeness (QED) is 0.486. The second kappa shape index (κ2) is 14.1. The summed E-state index contributed by atoms with van der Waals surface area (Å²) in [6.07, 6.45) is 7.32. The molecule has 152 valence electrons. The van der Waals surface area contributed by atoms with Gasteiger partial charge in [-0.1, -0.05) is 89.6 Å². The zero-order chi connectivity index (χ0) is 19.9. The lowest BCUT2D eigenvalue weighted by atomic mass is 9.98. The Kier molecular flexibility index (Phi) is 12.0. The van der Waals surface area contributed by atoms with E-state index in [-0.39, 0.29) is 18.4 Å². The maximum atomic E-state index is 12.5. The molecule has 1 aromatic carbocycles. The molecule has 0 aliphatic carbocycles. The summed E-state index contributed by atoms with van der Waals surface area (Å²) in [5.74, 6) is -0.0894. The minimum atomic E-state index is -0.571. The molecule has 27 heavy (non-hydrogen) atoms. The predicted octanol–water partition coefficient (Wildman–Crippen LogP) is 4.80. The summed E-state index contributed by atoms with van der Waals surface area (Å²) in [7, 11) is 0. The molecule has 0 bridgehead atoms. The van der Waals surface area contributed by atoms with E-state index < -0.39 is 12.1 Å². The van der Waals surface area contributed by atoms with Gasteiger partial charge in [0.2, 0.25) is 5.91 Å². The lowest BCUT2D eigenvalue weighted by Gasteiger charge is -2.23. The van der Waals surface area contributed by atoms with Crippen LogP contribution < -0.4 is 10.6 Å². The number of unbranched alkanes of at least 4 members (excludes halogenated alkanes) is 5. The van der Waals surface area contributed by atoms with Gasteiger partial charge >= 0.3 is 6.09 Å². The molecule has 1 aromatic rings. The largest absolute Gasteiger partial charge is 0.445 e. The third-order valence-corrected chi connectivity index (χ3v) is 4.81. The van der Waals surface area contributed by atoms with E-state index in [0.29, 0.717) is 6.54 Å². The minimum absolute atomic E-state index is 0.0406. The summed E-state index contributed by atoms with van der Waals surface area (Å²) in [6.45, 7) is 7.02. The Bertz CT molecular complexity index is 534. The molecule has 2 N–H and O–H groups in total. The Hall–Kier alpha value is -2.04. The standard InChI is InChI=1S/C22H36N2O3/c1-4-6-7-8-9-13-16-23-21(25)20(18(3)5-2)24-22(26)27-17-19-14-11-10-12-15-19/h10-12,14-15,18,20H,4-9,13,16-17H2,1-3H3,(H,23,25)(H,24,26)/t18-,20-/m0/s1. The molecule has 5 heteroatoms. The SMILES string of the molecule is CCCCCCCCNC(=O)[C@@H](NC(=O)OCc1ccccc1)[C@@H](C)CC.